The molecule has 1 aromatic carbocycles. The monoisotopic (exact) mass is 835 g/mol. The number of Topliss-reactive ketones (excluding diaryl/α,β-unsaturated/α-hetero) is 2. The van der Waals surface area contributed by atoms with E-state index in [-0.39, 0.29) is 63.8 Å². The van der Waals surface area contributed by atoms with Gasteiger partial charge < -0.3 is 20.9 Å². The molecule has 6 rings (SSSR count). The maximum Gasteiger partial charge on any atom is 0.315 e. The summed E-state index contributed by atoms with van der Waals surface area (Å²) in [6, 6.07) is 4.28. The minimum Gasteiger partial charge on any atom is -0.387 e. The maximum absolute atomic E-state index is 15.3. The average Bonchev–Trinajstić information content (AvgIpc) is 3.86. The first-order chi connectivity index (χ1) is 27.4. The second kappa shape index (κ2) is 15.6. The summed E-state index contributed by atoms with van der Waals surface area (Å²) >= 11 is 0. The average molecular weight is 836 g/mol. The van der Waals surface area contributed by atoms with Crippen LogP contribution < -0.4 is 20.7 Å². The molecule has 6 atom stereocenters. The van der Waals surface area contributed by atoms with Crippen LogP contribution in [-0.2, 0) is 29.2 Å². The molecule has 1 heterocycles. The fourth-order valence-electron chi connectivity index (χ4n) is 11.7. The topological polar surface area (TPSA) is 171 Å². The molecular formula is C46H69N5O7S. The lowest BCUT2D eigenvalue weighted by Crippen LogP contribution is -2.55. The fourth-order valence-corrected chi connectivity index (χ4v) is 12.9. The minimum absolute atomic E-state index is 0.00407. The number of sulfonamides is 1. The lowest BCUT2D eigenvalue weighted by molar-refractivity contribution is -0.146. The molecule has 12 nitrogen and oxygen atoms in total. The Hall–Kier alpha value is -3.74. The standard InChI is InChI=1S/C46H69N5O7S/c1-11-30-25-44(30,39(55)50-59(57,58)36-21-16-15-20-32(36)47-10)27-35(53)33-26-46(43(8,9)45(46)22-17-23-45)28-51(33)38(54)31(41(2,3)4)24-34(52)37(29-18-13-12-14-19-29)48-40(56)49-42(5,6)7/h11,15-16,20-21,29-31,33,37,47H,1,12-14,17-19,22-28H2,2-10H3,(H,50,55)(H2,48,49,56)/t30-,31-,33+,37+,44-,46-/m1/s1. The van der Waals surface area contributed by atoms with Gasteiger partial charge in [-0.1, -0.05) is 78.5 Å². The van der Waals surface area contributed by atoms with Crippen LogP contribution in [0.4, 0.5) is 10.5 Å². The van der Waals surface area contributed by atoms with Gasteiger partial charge in [0, 0.05) is 43.3 Å². The molecule has 4 saturated carbocycles. The number of carbonyl (C=O) groups is 5. The van der Waals surface area contributed by atoms with Crippen molar-refractivity contribution in [3.63, 3.8) is 0 Å². The number of allylic oxidation sites excluding steroid dienone is 1. The molecule has 4 amide bonds. The Kier molecular flexibility index (Phi) is 11.9. The van der Waals surface area contributed by atoms with Crippen molar-refractivity contribution in [3.05, 3.63) is 36.9 Å². The highest BCUT2D eigenvalue weighted by Crippen LogP contribution is 2.88. The highest BCUT2D eigenvalue weighted by atomic mass is 32.2. The van der Waals surface area contributed by atoms with E-state index in [1.807, 2.05) is 41.5 Å². The van der Waals surface area contributed by atoms with Crippen molar-refractivity contribution in [1.29, 1.82) is 0 Å². The first-order valence-corrected chi connectivity index (χ1v) is 23.3. The zero-order valence-electron chi connectivity index (χ0n) is 36.9. The highest BCUT2D eigenvalue weighted by Gasteiger charge is 2.85. The van der Waals surface area contributed by atoms with E-state index in [9.17, 15) is 27.6 Å². The van der Waals surface area contributed by atoms with Gasteiger partial charge in [0.2, 0.25) is 11.8 Å². The molecule has 4 aliphatic carbocycles. The van der Waals surface area contributed by atoms with Crippen LogP contribution >= 0.6 is 0 Å². The summed E-state index contributed by atoms with van der Waals surface area (Å²) < 4.78 is 29.5. The van der Waals surface area contributed by atoms with Crippen LogP contribution in [0.1, 0.15) is 132 Å². The number of nitrogens with one attached hydrogen (secondary N) is 4. The number of fused-ring (bicyclic) bond motifs is 1. The molecule has 1 saturated heterocycles. The van der Waals surface area contributed by atoms with Crippen LogP contribution in [0.5, 0.6) is 0 Å². The number of likely N-dealkylation sites (tertiary alicyclic amines) is 1. The first kappa shape index (κ1) is 44.8. The molecule has 0 bridgehead atoms. The van der Waals surface area contributed by atoms with Crippen molar-refractivity contribution in [3.8, 4) is 0 Å². The van der Waals surface area contributed by atoms with Crippen molar-refractivity contribution in [2.75, 3.05) is 18.9 Å². The van der Waals surface area contributed by atoms with Crippen LogP contribution in [-0.4, -0.2) is 73.9 Å². The molecule has 1 aliphatic heterocycles. The summed E-state index contributed by atoms with van der Waals surface area (Å²) in [6.07, 6.45) is 9.76. The Labute approximate surface area is 352 Å². The number of benzene rings is 1. The molecule has 326 valence electrons. The van der Waals surface area contributed by atoms with Crippen molar-refractivity contribution >= 4 is 45.1 Å². The highest BCUT2D eigenvalue weighted by molar-refractivity contribution is 7.90. The van der Waals surface area contributed by atoms with Crippen LogP contribution in [0, 0.1) is 44.8 Å². The maximum atomic E-state index is 15.3. The van der Waals surface area contributed by atoms with Crippen LogP contribution in [0.25, 0.3) is 0 Å². The number of hydrogen-bond acceptors (Lipinski definition) is 8. The summed E-state index contributed by atoms with van der Waals surface area (Å²) in [4.78, 5) is 73.7. The quantitative estimate of drug-likeness (QED) is 0.143. The third-order valence-corrected chi connectivity index (χ3v) is 16.9. The molecule has 13 heteroatoms. The van der Waals surface area contributed by atoms with Gasteiger partial charge in [-0.2, -0.15) is 0 Å². The van der Waals surface area contributed by atoms with Crippen LogP contribution in [0.15, 0.2) is 41.8 Å². The Balaban J connectivity index is 1.29. The number of para-hydroxylation sites is 1. The van der Waals surface area contributed by atoms with E-state index in [2.05, 4.69) is 41.1 Å². The fraction of sp³-hybridized carbons (Fsp3) is 0.717. The molecule has 5 aliphatic rings. The van der Waals surface area contributed by atoms with Gasteiger partial charge in [-0.3, -0.25) is 19.2 Å². The Bertz CT molecular complexity index is 1970. The number of urea groups is 1. The number of rotatable bonds is 14. The van der Waals surface area contributed by atoms with Gasteiger partial charge in [-0.25, -0.2) is 17.9 Å². The van der Waals surface area contributed by atoms with Gasteiger partial charge in [0.15, 0.2) is 11.6 Å². The van der Waals surface area contributed by atoms with Crippen LogP contribution in [0.3, 0.4) is 0 Å². The summed E-state index contributed by atoms with van der Waals surface area (Å²) in [5.41, 5.74) is -2.59. The van der Waals surface area contributed by atoms with Crippen molar-refractivity contribution in [2.24, 2.45) is 44.8 Å². The number of ketones is 2. The molecule has 1 aromatic rings. The number of anilines is 1. The van der Waals surface area contributed by atoms with Crippen molar-refractivity contribution < 1.29 is 32.4 Å². The van der Waals surface area contributed by atoms with E-state index in [0.29, 0.717) is 18.7 Å². The third-order valence-electron chi connectivity index (χ3n) is 15.5. The summed E-state index contributed by atoms with van der Waals surface area (Å²) in [5, 5.41) is 8.80. The van der Waals surface area contributed by atoms with E-state index in [4.69, 9.17) is 0 Å². The van der Waals surface area contributed by atoms with Gasteiger partial charge in [0.25, 0.3) is 10.0 Å². The van der Waals surface area contributed by atoms with Crippen molar-refractivity contribution in [1.82, 2.24) is 20.3 Å². The first-order valence-electron chi connectivity index (χ1n) is 21.8. The predicted octanol–water partition coefficient (Wildman–Crippen LogP) is 7.15. The normalized spacial score (nSPS) is 28.2. The largest absolute Gasteiger partial charge is 0.387 e. The lowest BCUT2D eigenvalue weighted by Gasteiger charge is -2.37. The molecule has 4 N–H and O–H groups in total. The summed E-state index contributed by atoms with van der Waals surface area (Å²) in [5.74, 6) is -2.73. The van der Waals surface area contributed by atoms with E-state index in [1.54, 1.807) is 36.2 Å². The summed E-state index contributed by atoms with van der Waals surface area (Å²) in [7, 11) is -2.70. The van der Waals surface area contributed by atoms with E-state index < -0.39 is 62.2 Å². The third kappa shape index (κ3) is 7.98. The van der Waals surface area contributed by atoms with E-state index >= 15 is 4.79 Å². The second-order valence-electron chi connectivity index (χ2n) is 21.2. The van der Waals surface area contributed by atoms with Crippen molar-refractivity contribution in [2.45, 2.75) is 155 Å². The molecule has 5 fully saturated rings. The van der Waals surface area contributed by atoms with Crippen LogP contribution in [0.2, 0.25) is 0 Å². The van der Waals surface area contributed by atoms with Gasteiger partial charge in [0.1, 0.15) is 4.90 Å². The smallest absolute Gasteiger partial charge is 0.315 e. The predicted molar refractivity (Wildman–Crippen MR) is 229 cm³/mol. The molecule has 0 unspecified atom stereocenters. The number of carbonyl (C=O) groups excluding carboxylic acids is 5. The zero-order chi connectivity index (χ0) is 43.6. The molecule has 59 heavy (non-hydrogen) atoms. The molecule has 2 spiro atoms. The summed E-state index contributed by atoms with van der Waals surface area (Å²) in [6.45, 7) is 20.3. The number of nitrogens with zero attached hydrogens (tertiary/aromatic N) is 1. The molecule has 0 aromatic heterocycles. The Morgan fingerprint density at radius 2 is 1.58 bits per heavy atom. The lowest BCUT2D eigenvalue weighted by atomic mass is 9.73. The van der Waals surface area contributed by atoms with E-state index in [1.165, 1.54) is 6.07 Å². The second-order valence-corrected chi connectivity index (χ2v) is 22.8. The SMILES string of the molecule is C=C[C@@H]1C[C@]1(CC(=O)[C@@H]1C[C@@]2(CN1C(=O)[C@@H](CC(=O)[C@@H](NC(=O)NC(C)(C)C)C1CCCCC1)C(C)(C)C)C(C)(C)C21CCC1)C(=O)NS(=O)(=O)c1ccccc1NC. The minimum atomic E-state index is -4.30. The molecular weight excluding hydrogens is 767 g/mol. The van der Waals surface area contributed by atoms with Gasteiger partial charge >= 0.3 is 6.03 Å². The van der Waals surface area contributed by atoms with Gasteiger partial charge in [-0.15, -0.1) is 6.58 Å². The number of hydrogen-bond donors (Lipinski definition) is 4. The van der Waals surface area contributed by atoms with Gasteiger partial charge in [-0.05, 0) is 99.5 Å². The van der Waals surface area contributed by atoms with E-state index in [0.717, 1.165) is 51.4 Å². The van der Waals surface area contributed by atoms with Gasteiger partial charge in [0.05, 0.1) is 23.2 Å². The Morgan fingerprint density at radius 1 is 0.932 bits per heavy atom. The molecule has 0 radical (unpaired) electrons. The Morgan fingerprint density at radius 3 is 2.10 bits per heavy atom. The zero-order valence-corrected chi connectivity index (χ0v) is 37.7. The number of amides is 4.